The van der Waals surface area contributed by atoms with Gasteiger partial charge in [-0.15, -0.1) is 0 Å². The number of benzene rings is 2. The van der Waals surface area contributed by atoms with Crippen LogP contribution in [0.4, 0.5) is 11.4 Å². The molecule has 1 aliphatic heterocycles. The lowest BCUT2D eigenvalue weighted by atomic mass is 9.97. The summed E-state index contributed by atoms with van der Waals surface area (Å²) in [5.41, 5.74) is 9.64. The molecule has 0 saturated heterocycles. The number of nitrogens with one attached hydrogen (secondary N) is 2. The maximum atomic E-state index is 12.0. The Morgan fingerprint density at radius 1 is 1.24 bits per heavy atom. The molecule has 0 saturated carbocycles. The lowest BCUT2D eigenvalue weighted by Gasteiger charge is -2.27. The molecule has 1 unspecified atom stereocenters. The van der Waals surface area contributed by atoms with Crippen LogP contribution in [0.2, 0.25) is 0 Å². The number of fused-ring (bicyclic) bond motifs is 1. The minimum absolute atomic E-state index is 0.0317. The van der Waals surface area contributed by atoms with Crippen molar-refractivity contribution in [3.05, 3.63) is 59.7 Å². The number of anilines is 2. The molecule has 0 fully saturated rings. The van der Waals surface area contributed by atoms with Gasteiger partial charge in [-0.05, 0) is 42.7 Å². The zero-order valence-corrected chi connectivity index (χ0v) is 11.8. The summed E-state index contributed by atoms with van der Waals surface area (Å²) in [5.74, 6) is -0.0317. The zero-order valence-electron chi connectivity index (χ0n) is 11.8. The molecule has 21 heavy (non-hydrogen) atoms. The van der Waals surface area contributed by atoms with Gasteiger partial charge in [-0.2, -0.15) is 0 Å². The molecule has 108 valence electrons. The van der Waals surface area contributed by atoms with E-state index in [-0.39, 0.29) is 11.9 Å². The smallest absolute Gasteiger partial charge is 0.251 e. The molecule has 0 spiro atoms. The van der Waals surface area contributed by atoms with Gasteiger partial charge in [-0.3, -0.25) is 4.79 Å². The number of carbonyl (C=O) groups is 1. The van der Waals surface area contributed by atoms with Gasteiger partial charge in [0.2, 0.25) is 0 Å². The van der Waals surface area contributed by atoms with Gasteiger partial charge in [0.1, 0.15) is 0 Å². The van der Waals surface area contributed by atoms with Crippen LogP contribution in [0.3, 0.4) is 0 Å². The van der Waals surface area contributed by atoms with Crippen LogP contribution >= 0.6 is 0 Å². The number of hydrogen-bond donors (Lipinski definition) is 3. The Bertz CT molecular complexity index is 640. The Morgan fingerprint density at radius 3 is 2.86 bits per heavy atom. The number of nitrogens with two attached hydrogens (primary N) is 1. The van der Waals surface area contributed by atoms with Gasteiger partial charge < -0.3 is 16.4 Å². The number of hydrogen-bond acceptors (Lipinski definition) is 3. The third kappa shape index (κ3) is 3.16. The summed E-state index contributed by atoms with van der Waals surface area (Å²) in [6.07, 6.45) is 2.01. The molecule has 0 aromatic heterocycles. The van der Waals surface area contributed by atoms with Crippen molar-refractivity contribution in [2.24, 2.45) is 0 Å². The van der Waals surface area contributed by atoms with Gasteiger partial charge in [-0.25, -0.2) is 0 Å². The van der Waals surface area contributed by atoms with Crippen molar-refractivity contribution in [2.75, 3.05) is 17.6 Å². The maximum Gasteiger partial charge on any atom is 0.251 e. The first-order valence-corrected chi connectivity index (χ1v) is 7.20. The van der Waals surface area contributed by atoms with E-state index in [2.05, 4.69) is 16.7 Å². The Hall–Kier alpha value is -2.49. The highest BCUT2D eigenvalue weighted by molar-refractivity contribution is 5.94. The molecule has 0 bridgehead atoms. The fourth-order valence-corrected chi connectivity index (χ4v) is 2.63. The molecule has 0 aliphatic carbocycles. The minimum atomic E-state index is -0.0317. The van der Waals surface area contributed by atoms with Crippen LogP contribution in [0, 0.1) is 0 Å². The maximum absolute atomic E-state index is 12.0. The van der Waals surface area contributed by atoms with Gasteiger partial charge >= 0.3 is 0 Å². The average molecular weight is 281 g/mol. The Balaban J connectivity index is 1.59. The molecular weight excluding hydrogens is 262 g/mol. The van der Waals surface area contributed by atoms with E-state index in [0.29, 0.717) is 12.1 Å². The monoisotopic (exact) mass is 281 g/mol. The van der Waals surface area contributed by atoms with E-state index < -0.39 is 0 Å². The van der Waals surface area contributed by atoms with Crippen molar-refractivity contribution in [1.29, 1.82) is 0 Å². The third-order valence-corrected chi connectivity index (χ3v) is 3.80. The second kappa shape index (κ2) is 5.87. The summed E-state index contributed by atoms with van der Waals surface area (Å²) in [7, 11) is 0. The van der Waals surface area contributed by atoms with Crippen LogP contribution in [-0.4, -0.2) is 18.5 Å². The van der Waals surface area contributed by atoms with E-state index in [0.717, 1.165) is 24.2 Å². The normalized spacial score (nSPS) is 16.7. The molecule has 2 aromatic carbocycles. The summed E-state index contributed by atoms with van der Waals surface area (Å²) in [4.78, 5) is 12.0. The van der Waals surface area contributed by atoms with Crippen molar-refractivity contribution >= 4 is 17.3 Å². The highest BCUT2D eigenvalue weighted by Crippen LogP contribution is 2.26. The van der Waals surface area contributed by atoms with E-state index in [4.69, 9.17) is 5.73 Å². The number of nitrogen functional groups attached to an aromatic ring is 1. The number of rotatable bonds is 3. The summed E-state index contributed by atoms with van der Waals surface area (Å²) in [6.45, 7) is 0.613. The molecule has 4 heteroatoms. The molecule has 4 N–H and O–H groups in total. The largest absolute Gasteiger partial charge is 0.399 e. The first-order chi connectivity index (χ1) is 10.2. The van der Waals surface area contributed by atoms with E-state index in [1.165, 1.54) is 5.56 Å². The zero-order chi connectivity index (χ0) is 14.7. The topological polar surface area (TPSA) is 67.2 Å². The van der Waals surface area contributed by atoms with Crippen LogP contribution < -0.4 is 16.4 Å². The van der Waals surface area contributed by atoms with Crippen molar-refractivity contribution in [3.63, 3.8) is 0 Å². The standard InChI is InChI=1S/C17H19N3O/c18-14-8-6-12-7-9-15(20-16(12)10-14)11-19-17(21)13-4-2-1-3-5-13/h1-6,8,10,15,20H,7,9,11,18H2,(H,19,21). The Kier molecular flexibility index (Phi) is 3.77. The fourth-order valence-electron chi connectivity index (χ4n) is 2.63. The highest BCUT2D eigenvalue weighted by Gasteiger charge is 2.18. The van der Waals surface area contributed by atoms with Crippen LogP contribution in [0.25, 0.3) is 0 Å². The van der Waals surface area contributed by atoms with E-state index >= 15 is 0 Å². The first kappa shape index (κ1) is 13.5. The predicted octanol–water partition coefficient (Wildman–Crippen LogP) is 2.43. The number of amides is 1. The predicted molar refractivity (Wildman–Crippen MR) is 85.4 cm³/mol. The molecule has 1 aliphatic rings. The van der Waals surface area contributed by atoms with Crippen LogP contribution in [-0.2, 0) is 6.42 Å². The van der Waals surface area contributed by atoms with Gasteiger partial charge in [0.05, 0.1) is 0 Å². The number of aryl methyl sites for hydroxylation is 1. The van der Waals surface area contributed by atoms with Crippen LogP contribution in [0.1, 0.15) is 22.3 Å². The van der Waals surface area contributed by atoms with E-state index in [9.17, 15) is 4.79 Å². The molecule has 3 rings (SSSR count). The summed E-state index contributed by atoms with van der Waals surface area (Å²) in [5, 5.41) is 6.43. The molecule has 0 radical (unpaired) electrons. The molecule has 1 heterocycles. The van der Waals surface area contributed by atoms with Gasteiger partial charge in [0.15, 0.2) is 0 Å². The highest BCUT2D eigenvalue weighted by atomic mass is 16.1. The second-order valence-electron chi connectivity index (χ2n) is 5.37. The van der Waals surface area contributed by atoms with E-state index in [1.54, 1.807) is 0 Å². The number of carbonyl (C=O) groups excluding carboxylic acids is 1. The molecule has 2 aromatic rings. The quantitative estimate of drug-likeness (QED) is 0.757. The minimum Gasteiger partial charge on any atom is -0.399 e. The first-order valence-electron chi connectivity index (χ1n) is 7.20. The van der Waals surface area contributed by atoms with Gasteiger partial charge in [0.25, 0.3) is 5.91 Å². The molecular formula is C17H19N3O. The Morgan fingerprint density at radius 2 is 2.05 bits per heavy atom. The summed E-state index contributed by atoms with van der Waals surface area (Å²) < 4.78 is 0. The fraction of sp³-hybridized carbons (Fsp3) is 0.235. The van der Waals surface area contributed by atoms with Gasteiger partial charge in [0, 0.05) is 29.5 Å². The van der Waals surface area contributed by atoms with Crippen molar-refractivity contribution in [3.8, 4) is 0 Å². The molecule has 4 nitrogen and oxygen atoms in total. The second-order valence-corrected chi connectivity index (χ2v) is 5.37. The lowest BCUT2D eigenvalue weighted by molar-refractivity contribution is 0.0951. The lowest BCUT2D eigenvalue weighted by Crippen LogP contribution is -2.38. The van der Waals surface area contributed by atoms with E-state index in [1.807, 2.05) is 42.5 Å². The third-order valence-electron chi connectivity index (χ3n) is 3.80. The molecule has 1 atom stereocenters. The molecule has 1 amide bonds. The SMILES string of the molecule is Nc1ccc2c(c1)NC(CNC(=O)c1ccccc1)CC2. The summed E-state index contributed by atoms with van der Waals surface area (Å²) >= 11 is 0. The average Bonchev–Trinajstić information content (AvgIpc) is 2.53. The van der Waals surface area contributed by atoms with Crippen LogP contribution in [0.5, 0.6) is 0 Å². The van der Waals surface area contributed by atoms with Crippen molar-refractivity contribution < 1.29 is 4.79 Å². The van der Waals surface area contributed by atoms with Crippen LogP contribution in [0.15, 0.2) is 48.5 Å². The van der Waals surface area contributed by atoms with Crippen molar-refractivity contribution in [2.45, 2.75) is 18.9 Å². The van der Waals surface area contributed by atoms with Gasteiger partial charge in [-0.1, -0.05) is 24.3 Å². The van der Waals surface area contributed by atoms with Crippen molar-refractivity contribution in [1.82, 2.24) is 5.32 Å². The summed E-state index contributed by atoms with van der Waals surface area (Å²) in [6, 6.07) is 15.5. The Labute approximate surface area is 124 Å².